The van der Waals surface area contributed by atoms with Gasteiger partial charge in [-0.1, -0.05) is 23.7 Å². The Morgan fingerprint density at radius 2 is 1.92 bits per heavy atom. The fourth-order valence-electron chi connectivity index (χ4n) is 2.16. The highest BCUT2D eigenvalue weighted by molar-refractivity contribution is 7.17. The Labute approximate surface area is 158 Å². The molecule has 0 aliphatic rings. The lowest BCUT2D eigenvalue weighted by atomic mass is 10.2. The zero-order valence-corrected chi connectivity index (χ0v) is 15.2. The number of benzene rings is 2. The molecular weight excluding hydrogens is 374 g/mol. The van der Waals surface area contributed by atoms with E-state index >= 15 is 0 Å². The first-order valence-electron chi connectivity index (χ1n) is 7.53. The normalized spacial score (nSPS) is 11.0. The number of aromatic hydroxyl groups is 2. The lowest BCUT2D eigenvalue weighted by Gasteiger charge is -1.99. The van der Waals surface area contributed by atoms with Crippen LogP contribution in [0.1, 0.15) is 20.9 Å². The Kier molecular flexibility index (Phi) is 5.20. The summed E-state index contributed by atoms with van der Waals surface area (Å²) in [5, 5.41) is 23.9. The molecule has 1 amide bonds. The number of phenolic OH excluding ortho intramolecular Hbond substituents is 2. The molecule has 0 unspecified atom stereocenters. The average molecular weight is 388 g/mol. The maximum absolute atomic E-state index is 12.3. The monoisotopic (exact) mass is 387 g/mol. The fraction of sp³-hybridized carbons (Fsp3) is 0.0556. The highest BCUT2D eigenvalue weighted by Crippen LogP contribution is 2.29. The summed E-state index contributed by atoms with van der Waals surface area (Å²) in [5.74, 6) is -0.855. The molecule has 0 aliphatic carbocycles. The number of carbonyl (C=O) groups is 1. The first kappa shape index (κ1) is 17.9. The lowest BCUT2D eigenvalue weighted by Crippen LogP contribution is -2.17. The molecule has 0 bridgehead atoms. The second-order valence-electron chi connectivity index (χ2n) is 5.39. The number of halogens is 1. The van der Waals surface area contributed by atoms with Crippen molar-refractivity contribution in [3.8, 4) is 22.1 Å². The molecule has 3 N–H and O–H groups in total. The van der Waals surface area contributed by atoms with Crippen LogP contribution in [-0.4, -0.2) is 27.3 Å². The minimum Gasteiger partial charge on any atom is -0.504 e. The number of thiazole rings is 1. The average Bonchev–Trinajstić information content (AvgIpc) is 3.00. The van der Waals surface area contributed by atoms with E-state index in [-0.39, 0.29) is 17.4 Å². The second kappa shape index (κ2) is 7.55. The number of amides is 1. The number of hydrazone groups is 1. The van der Waals surface area contributed by atoms with E-state index in [1.807, 2.05) is 12.1 Å². The quantitative estimate of drug-likeness (QED) is 0.359. The van der Waals surface area contributed by atoms with Crippen LogP contribution in [0.4, 0.5) is 0 Å². The van der Waals surface area contributed by atoms with Gasteiger partial charge in [0.2, 0.25) is 0 Å². The molecular formula is C18H14ClN3O3S. The summed E-state index contributed by atoms with van der Waals surface area (Å²) in [4.78, 5) is 17.2. The maximum Gasteiger partial charge on any atom is 0.283 e. The molecule has 6 nitrogen and oxygen atoms in total. The van der Waals surface area contributed by atoms with Gasteiger partial charge in [0.05, 0.1) is 11.9 Å². The van der Waals surface area contributed by atoms with Crippen molar-refractivity contribution in [2.45, 2.75) is 6.92 Å². The molecule has 0 saturated heterocycles. The van der Waals surface area contributed by atoms with Crippen molar-refractivity contribution in [3.05, 3.63) is 63.6 Å². The SMILES string of the molecule is Cc1nc(-c2ccc(Cl)cc2)sc1C(=O)N/N=C/c1ccc(O)c(O)c1. The molecule has 0 atom stereocenters. The van der Waals surface area contributed by atoms with E-state index in [9.17, 15) is 15.0 Å². The molecule has 0 aliphatic heterocycles. The van der Waals surface area contributed by atoms with Crippen LogP contribution in [0.3, 0.4) is 0 Å². The number of hydrogen-bond donors (Lipinski definition) is 3. The third-order valence-electron chi connectivity index (χ3n) is 3.47. The van der Waals surface area contributed by atoms with E-state index in [2.05, 4.69) is 15.5 Å². The molecule has 2 aromatic carbocycles. The van der Waals surface area contributed by atoms with Gasteiger partial charge in [-0.3, -0.25) is 4.79 Å². The van der Waals surface area contributed by atoms with Gasteiger partial charge < -0.3 is 10.2 Å². The smallest absolute Gasteiger partial charge is 0.283 e. The summed E-state index contributed by atoms with van der Waals surface area (Å²) < 4.78 is 0. The van der Waals surface area contributed by atoms with E-state index < -0.39 is 0 Å². The Morgan fingerprint density at radius 3 is 2.62 bits per heavy atom. The van der Waals surface area contributed by atoms with Gasteiger partial charge in [-0.15, -0.1) is 11.3 Å². The molecule has 8 heteroatoms. The minimum absolute atomic E-state index is 0.221. The molecule has 0 fully saturated rings. The van der Waals surface area contributed by atoms with E-state index in [4.69, 9.17) is 11.6 Å². The number of carbonyl (C=O) groups excluding carboxylic acids is 1. The van der Waals surface area contributed by atoms with Gasteiger partial charge in [-0.25, -0.2) is 10.4 Å². The van der Waals surface area contributed by atoms with Crippen molar-refractivity contribution in [2.75, 3.05) is 0 Å². The number of hydrogen-bond acceptors (Lipinski definition) is 6. The van der Waals surface area contributed by atoms with Crippen molar-refractivity contribution in [2.24, 2.45) is 5.10 Å². The van der Waals surface area contributed by atoms with E-state index in [1.165, 1.54) is 29.7 Å². The first-order chi connectivity index (χ1) is 12.4. The van der Waals surface area contributed by atoms with Crippen LogP contribution >= 0.6 is 22.9 Å². The molecule has 1 aromatic heterocycles. The predicted molar refractivity (Wildman–Crippen MR) is 102 cm³/mol. The van der Waals surface area contributed by atoms with Gasteiger partial charge in [0.25, 0.3) is 5.91 Å². The number of rotatable bonds is 4. The maximum atomic E-state index is 12.3. The molecule has 3 rings (SSSR count). The Balaban J connectivity index is 1.72. The zero-order valence-electron chi connectivity index (χ0n) is 13.6. The van der Waals surface area contributed by atoms with Gasteiger partial charge in [0.15, 0.2) is 11.5 Å². The van der Waals surface area contributed by atoms with Gasteiger partial charge in [0.1, 0.15) is 9.88 Å². The summed E-state index contributed by atoms with van der Waals surface area (Å²) in [7, 11) is 0. The second-order valence-corrected chi connectivity index (χ2v) is 6.82. The molecule has 1 heterocycles. The van der Waals surface area contributed by atoms with E-state index in [1.54, 1.807) is 25.1 Å². The summed E-state index contributed by atoms with van der Waals surface area (Å²) >= 11 is 7.15. The van der Waals surface area contributed by atoms with Crippen LogP contribution in [0, 0.1) is 6.92 Å². The van der Waals surface area contributed by atoms with Crippen molar-refractivity contribution >= 4 is 35.1 Å². The van der Waals surface area contributed by atoms with Gasteiger partial charge in [0, 0.05) is 10.6 Å². The Bertz CT molecular complexity index is 984. The Morgan fingerprint density at radius 1 is 1.19 bits per heavy atom. The van der Waals surface area contributed by atoms with Crippen LogP contribution < -0.4 is 5.43 Å². The van der Waals surface area contributed by atoms with Gasteiger partial charge >= 0.3 is 0 Å². The van der Waals surface area contributed by atoms with E-state index in [0.29, 0.717) is 21.2 Å². The standard InChI is InChI=1S/C18H14ClN3O3S/c1-10-16(26-18(21-10)12-3-5-13(19)6-4-12)17(25)22-20-9-11-2-7-14(23)15(24)8-11/h2-9,23-24H,1H3,(H,22,25)/b20-9+. The number of nitrogens with zero attached hydrogens (tertiary/aromatic N) is 2. The molecule has 0 saturated carbocycles. The lowest BCUT2D eigenvalue weighted by molar-refractivity contribution is 0.0958. The summed E-state index contributed by atoms with van der Waals surface area (Å²) in [6.07, 6.45) is 1.37. The first-order valence-corrected chi connectivity index (χ1v) is 8.72. The third kappa shape index (κ3) is 4.01. The van der Waals surface area contributed by atoms with Crippen molar-refractivity contribution in [1.29, 1.82) is 0 Å². The summed E-state index contributed by atoms with van der Waals surface area (Å²) in [6.45, 7) is 1.76. The predicted octanol–water partition coefficient (Wildman–Crippen LogP) is 3.95. The zero-order chi connectivity index (χ0) is 18.7. The van der Waals surface area contributed by atoms with E-state index in [0.717, 1.165) is 10.6 Å². The number of phenols is 2. The van der Waals surface area contributed by atoms with Crippen LogP contribution in [0.5, 0.6) is 11.5 Å². The van der Waals surface area contributed by atoms with Gasteiger partial charge in [-0.05, 0) is 42.8 Å². The van der Waals surface area contributed by atoms with Crippen LogP contribution in [0.25, 0.3) is 10.6 Å². The van der Waals surface area contributed by atoms with Crippen molar-refractivity contribution in [1.82, 2.24) is 10.4 Å². The molecule has 132 valence electrons. The number of aryl methyl sites for hydroxylation is 1. The van der Waals surface area contributed by atoms with Crippen molar-refractivity contribution in [3.63, 3.8) is 0 Å². The van der Waals surface area contributed by atoms with Gasteiger partial charge in [-0.2, -0.15) is 5.10 Å². The van der Waals surface area contributed by atoms with Crippen LogP contribution in [0.15, 0.2) is 47.6 Å². The van der Waals surface area contributed by atoms with Crippen molar-refractivity contribution < 1.29 is 15.0 Å². The molecule has 0 spiro atoms. The Hall–Kier alpha value is -2.90. The minimum atomic E-state index is -0.375. The topological polar surface area (TPSA) is 94.8 Å². The largest absolute Gasteiger partial charge is 0.504 e. The fourth-order valence-corrected chi connectivity index (χ4v) is 3.25. The third-order valence-corrected chi connectivity index (χ3v) is 4.93. The summed E-state index contributed by atoms with van der Waals surface area (Å²) in [5.41, 5.74) is 4.45. The highest BCUT2D eigenvalue weighted by atomic mass is 35.5. The van der Waals surface area contributed by atoms with Crippen LogP contribution in [0.2, 0.25) is 5.02 Å². The molecule has 0 radical (unpaired) electrons. The highest BCUT2D eigenvalue weighted by Gasteiger charge is 2.15. The van der Waals surface area contributed by atoms with Crippen LogP contribution in [-0.2, 0) is 0 Å². The number of nitrogens with one attached hydrogen (secondary N) is 1. The molecule has 26 heavy (non-hydrogen) atoms. The summed E-state index contributed by atoms with van der Waals surface area (Å²) in [6, 6.07) is 11.5. The number of aromatic nitrogens is 1. The molecule has 3 aromatic rings.